The third-order valence-electron chi connectivity index (χ3n) is 1.16. The zero-order valence-electron chi connectivity index (χ0n) is 7.02. The van der Waals surface area contributed by atoms with Crippen molar-refractivity contribution in [2.45, 2.75) is 27.2 Å². The Balaban J connectivity index is -0.0000000600. The summed E-state index contributed by atoms with van der Waals surface area (Å²) >= 11 is 0. The normalized spacial score (nSPS) is 7.90. The van der Waals surface area contributed by atoms with Crippen molar-refractivity contribution in [3.05, 3.63) is 7.43 Å². The van der Waals surface area contributed by atoms with Crippen molar-refractivity contribution < 1.29 is 57.0 Å². The molecule has 0 heterocycles. The first-order chi connectivity index (χ1) is 3.12. The summed E-state index contributed by atoms with van der Waals surface area (Å²) in [6.07, 6.45) is 2.81. The quantitative estimate of drug-likeness (QED) is 0.494. The Bertz CT molecular complexity index is 74.0. The van der Waals surface area contributed by atoms with E-state index in [0.717, 1.165) is 6.42 Å². The van der Waals surface area contributed by atoms with Crippen molar-refractivity contribution in [1.29, 1.82) is 0 Å². The Labute approximate surface area is 102 Å². The summed E-state index contributed by atoms with van der Waals surface area (Å²) in [4.78, 5) is 9.93. The summed E-state index contributed by atoms with van der Waals surface area (Å²) < 4.78 is 0. The van der Waals surface area contributed by atoms with Crippen molar-refractivity contribution in [3.63, 3.8) is 0 Å². The van der Waals surface area contributed by atoms with E-state index in [1.807, 2.05) is 27.1 Å². The van der Waals surface area contributed by atoms with Gasteiger partial charge in [0.05, 0.1) is 0 Å². The van der Waals surface area contributed by atoms with E-state index in [4.69, 9.17) is 0 Å². The molecule has 0 aliphatic rings. The summed E-state index contributed by atoms with van der Waals surface area (Å²) in [5, 5.41) is 0. The summed E-state index contributed by atoms with van der Waals surface area (Å²) in [5.41, 5.74) is -0.222. The Kier molecular flexibility index (Phi) is 23.4. The van der Waals surface area contributed by atoms with Gasteiger partial charge in [-0.15, -0.1) is 5.41 Å². The first-order valence-electron chi connectivity index (χ1n) is 2.51. The molecule has 10 heavy (non-hydrogen) atoms. The van der Waals surface area contributed by atoms with Gasteiger partial charge in [0.2, 0.25) is 0 Å². The molecule has 3 heteroatoms. The van der Waals surface area contributed by atoms with Gasteiger partial charge in [0.25, 0.3) is 0 Å². The largest absolute Gasteiger partial charge is 0.541 e. The molecule has 0 aromatic carbocycles. The Hall–Kier alpha value is 1.41. The van der Waals surface area contributed by atoms with E-state index in [0.29, 0.717) is 0 Å². The predicted molar refractivity (Wildman–Crippen MR) is 36.2 cm³/mol. The van der Waals surface area contributed by atoms with Crippen LogP contribution in [-0.4, -0.2) is 6.29 Å². The van der Waals surface area contributed by atoms with Crippen molar-refractivity contribution in [2.75, 3.05) is 0 Å². The molecule has 0 amide bonds. The Morgan fingerprint density at radius 2 is 1.70 bits per heavy atom. The SMILES string of the molecule is CCC(C)(C)[C-]=O.[CH3-].[U].[W]. The van der Waals surface area contributed by atoms with Crippen LogP contribution in [-0.2, 0) is 25.9 Å². The minimum atomic E-state index is -0.222. The molecule has 0 saturated heterocycles. The van der Waals surface area contributed by atoms with Crippen LogP contribution in [0.25, 0.3) is 0 Å². The molecule has 0 aliphatic heterocycles. The molecule has 0 saturated carbocycles. The second-order valence-corrected chi connectivity index (χ2v) is 2.34. The van der Waals surface area contributed by atoms with Crippen LogP contribution in [0.1, 0.15) is 27.2 Å². The summed E-state index contributed by atoms with van der Waals surface area (Å²) in [7, 11) is 0. The smallest absolute Gasteiger partial charge is 0 e. The van der Waals surface area contributed by atoms with Crippen LogP contribution in [0.2, 0.25) is 0 Å². The maximum absolute atomic E-state index is 9.93. The third-order valence-corrected chi connectivity index (χ3v) is 1.16. The topological polar surface area (TPSA) is 17.1 Å². The van der Waals surface area contributed by atoms with Crippen LogP contribution < -0.4 is 0 Å². The van der Waals surface area contributed by atoms with Gasteiger partial charge < -0.3 is 12.2 Å². The summed E-state index contributed by atoms with van der Waals surface area (Å²) in [6, 6.07) is 0. The van der Waals surface area contributed by atoms with Crippen LogP contribution in [0.5, 0.6) is 0 Å². The molecule has 0 bridgehead atoms. The van der Waals surface area contributed by atoms with Crippen LogP contribution >= 0.6 is 0 Å². The fourth-order valence-corrected chi connectivity index (χ4v) is 0.0722. The minimum Gasteiger partial charge on any atom is -0.541 e. The molecule has 0 atom stereocenters. The van der Waals surface area contributed by atoms with Crippen LogP contribution in [0.15, 0.2) is 0 Å². The zero-order valence-corrected chi connectivity index (χ0v) is 14.1. The molecule has 0 N–H and O–H groups in total. The first kappa shape index (κ1) is 22.5. The van der Waals surface area contributed by atoms with Crippen LogP contribution in [0, 0.1) is 44.0 Å². The molecule has 0 fully saturated rings. The fraction of sp³-hybridized carbons (Fsp3) is 0.714. The average Bonchev–Trinajstić information content (AvgIpc) is 1.68. The molecule has 0 aromatic rings. The van der Waals surface area contributed by atoms with Gasteiger partial charge in [0.15, 0.2) is 0 Å². The molecule has 60 valence electrons. The molecule has 1 nitrogen and oxygen atoms in total. The average molecular weight is 536 g/mol. The first-order valence-corrected chi connectivity index (χ1v) is 2.51. The van der Waals surface area contributed by atoms with Gasteiger partial charge in [-0.05, 0) is 0 Å². The van der Waals surface area contributed by atoms with E-state index in [-0.39, 0.29) is 65.0 Å². The van der Waals surface area contributed by atoms with Crippen LogP contribution in [0.4, 0.5) is 0 Å². The Morgan fingerprint density at radius 1 is 1.40 bits per heavy atom. The van der Waals surface area contributed by atoms with E-state index in [1.165, 1.54) is 0 Å². The molecule has 0 unspecified atom stereocenters. The van der Waals surface area contributed by atoms with Crippen molar-refractivity contribution in [2.24, 2.45) is 5.41 Å². The molecular weight excluding hydrogens is 522 g/mol. The second-order valence-electron chi connectivity index (χ2n) is 2.34. The number of rotatable bonds is 2. The van der Waals surface area contributed by atoms with Crippen molar-refractivity contribution >= 4 is 6.29 Å². The molecule has 0 aromatic heterocycles. The number of carbonyl (C=O) groups excluding carboxylic acids is 1. The van der Waals surface area contributed by atoms with E-state index >= 15 is 0 Å². The molecule has 0 radical (unpaired) electrons. The molecule has 0 rings (SSSR count). The Morgan fingerprint density at radius 3 is 1.70 bits per heavy atom. The molecule has 0 aliphatic carbocycles. The van der Waals surface area contributed by atoms with Gasteiger partial charge in [-0.2, -0.15) is 0 Å². The van der Waals surface area contributed by atoms with E-state index in [9.17, 15) is 4.79 Å². The van der Waals surface area contributed by atoms with Crippen molar-refractivity contribution in [1.82, 2.24) is 0 Å². The maximum Gasteiger partial charge on any atom is 0 e. The summed E-state index contributed by atoms with van der Waals surface area (Å²) in [5.74, 6) is 0. The monoisotopic (exact) mass is 536 g/mol. The predicted octanol–water partition coefficient (Wildman–Crippen LogP) is 1.98. The number of hydrogen-bond donors (Lipinski definition) is 0. The van der Waals surface area contributed by atoms with E-state index < -0.39 is 0 Å². The standard InChI is InChI=1S/C6H11O.CH3.U.W/c1-4-6(2,3)5-7;;;/h4H2,1-3H3;1H3;;/q2*-1;;. The van der Waals surface area contributed by atoms with E-state index in [2.05, 4.69) is 0 Å². The van der Waals surface area contributed by atoms with Gasteiger partial charge >= 0.3 is 0 Å². The number of hydrogen-bond acceptors (Lipinski definition) is 1. The van der Waals surface area contributed by atoms with Gasteiger partial charge in [0.1, 0.15) is 0 Å². The van der Waals surface area contributed by atoms with Gasteiger partial charge in [-0.25, -0.2) is 0 Å². The third kappa shape index (κ3) is 12.1. The maximum atomic E-state index is 9.93. The fourth-order valence-electron chi connectivity index (χ4n) is 0.0722. The van der Waals surface area contributed by atoms with Crippen molar-refractivity contribution in [3.8, 4) is 0 Å². The van der Waals surface area contributed by atoms with Crippen LogP contribution in [0.3, 0.4) is 0 Å². The summed E-state index contributed by atoms with van der Waals surface area (Å²) in [6.45, 7) is 5.73. The molecule has 0 spiro atoms. The minimum absolute atomic E-state index is 0. The van der Waals surface area contributed by atoms with Gasteiger partial charge in [-0.3, -0.25) is 6.29 Å². The molecular formula is C7H14OUW-2. The second kappa shape index (κ2) is 10.4. The zero-order chi connectivity index (χ0) is 5.91. The van der Waals surface area contributed by atoms with E-state index in [1.54, 1.807) is 0 Å². The van der Waals surface area contributed by atoms with Gasteiger partial charge in [-0.1, -0.05) is 27.2 Å². The van der Waals surface area contributed by atoms with Gasteiger partial charge in [0, 0.05) is 52.2 Å².